The second kappa shape index (κ2) is 6.23. The molecule has 7 heteroatoms. The molecule has 1 N–H and O–H groups in total. The fraction of sp³-hybridized carbons (Fsp3) is 0.462. The quantitative estimate of drug-likeness (QED) is 0.681. The lowest BCUT2D eigenvalue weighted by molar-refractivity contribution is -0.384. The second-order valence-corrected chi connectivity index (χ2v) is 5.83. The highest BCUT2D eigenvalue weighted by molar-refractivity contribution is 8.14. The number of nitro groups is 1. The minimum atomic E-state index is -0.409. The predicted molar refractivity (Wildman–Crippen MR) is 80.6 cm³/mol. The zero-order chi connectivity index (χ0) is 14.7. The van der Waals surface area contributed by atoms with Gasteiger partial charge in [-0.1, -0.05) is 11.8 Å². The van der Waals surface area contributed by atoms with Crippen LogP contribution in [0.15, 0.2) is 23.2 Å². The molecule has 0 aromatic heterocycles. The van der Waals surface area contributed by atoms with Gasteiger partial charge in [0.2, 0.25) is 0 Å². The third kappa shape index (κ3) is 3.49. The van der Waals surface area contributed by atoms with Gasteiger partial charge in [0.1, 0.15) is 0 Å². The summed E-state index contributed by atoms with van der Waals surface area (Å²) in [5.74, 6) is 0.942. The molecular weight excluding hydrogens is 278 g/mol. The molecule has 1 aliphatic rings. The predicted octanol–water partition coefficient (Wildman–Crippen LogP) is 2.32. The van der Waals surface area contributed by atoms with Crippen molar-refractivity contribution in [3.8, 4) is 0 Å². The Hall–Kier alpha value is -1.60. The SMILES string of the molecule is Cc1cc([N+](=O)[O-])ccc1N=C1SCCN1CC(C)O. The molecule has 1 saturated heterocycles. The molecule has 20 heavy (non-hydrogen) atoms. The smallest absolute Gasteiger partial charge is 0.269 e. The van der Waals surface area contributed by atoms with Crippen molar-refractivity contribution < 1.29 is 10.0 Å². The summed E-state index contributed by atoms with van der Waals surface area (Å²) >= 11 is 1.64. The van der Waals surface area contributed by atoms with Crippen LogP contribution in [0.25, 0.3) is 0 Å². The number of rotatable bonds is 4. The standard InChI is InChI=1S/C13H17N3O3S/c1-9-7-11(16(18)19)3-4-12(9)14-13-15(5-6-20-13)8-10(2)17/h3-4,7,10,17H,5-6,8H2,1-2H3. The average Bonchev–Trinajstić information content (AvgIpc) is 2.78. The fourth-order valence-corrected chi connectivity index (χ4v) is 3.01. The summed E-state index contributed by atoms with van der Waals surface area (Å²) in [6.07, 6.45) is -0.406. The fourth-order valence-electron chi connectivity index (χ4n) is 2.01. The molecule has 1 heterocycles. The number of hydrogen-bond donors (Lipinski definition) is 1. The second-order valence-electron chi connectivity index (χ2n) is 4.77. The monoisotopic (exact) mass is 295 g/mol. The van der Waals surface area contributed by atoms with Crippen molar-refractivity contribution in [2.75, 3.05) is 18.8 Å². The number of β-amino-alcohol motifs (C(OH)–C–C–N with tert-alkyl or cyclic N) is 1. The topological polar surface area (TPSA) is 79.0 Å². The van der Waals surface area contributed by atoms with Gasteiger partial charge in [-0.3, -0.25) is 10.1 Å². The van der Waals surface area contributed by atoms with Crippen molar-refractivity contribution in [2.24, 2.45) is 4.99 Å². The Kier molecular flexibility index (Phi) is 4.61. The minimum absolute atomic E-state index is 0.0753. The Bertz CT molecular complexity index is 546. The van der Waals surface area contributed by atoms with Gasteiger partial charge >= 0.3 is 0 Å². The van der Waals surface area contributed by atoms with Gasteiger partial charge in [0.25, 0.3) is 5.69 Å². The molecule has 0 saturated carbocycles. The highest BCUT2D eigenvalue weighted by Crippen LogP contribution is 2.27. The van der Waals surface area contributed by atoms with E-state index in [4.69, 9.17) is 0 Å². The van der Waals surface area contributed by atoms with Crippen LogP contribution in [-0.2, 0) is 0 Å². The molecule has 0 aliphatic carbocycles. The van der Waals surface area contributed by atoms with E-state index in [2.05, 4.69) is 4.99 Å². The van der Waals surface area contributed by atoms with E-state index in [1.54, 1.807) is 24.8 Å². The van der Waals surface area contributed by atoms with E-state index in [-0.39, 0.29) is 5.69 Å². The first-order valence-electron chi connectivity index (χ1n) is 6.37. The molecule has 0 spiro atoms. The first kappa shape index (κ1) is 14.8. The van der Waals surface area contributed by atoms with Gasteiger partial charge in [0.15, 0.2) is 5.17 Å². The maximum Gasteiger partial charge on any atom is 0.269 e. The number of aliphatic imine (C=N–C) groups is 1. The molecule has 1 fully saturated rings. The Morgan fingerprint density at radius 2 is 2.35 bits per heavy atom. The van der Waals surface area contributed by atoms with Crippen LogP contribution in [0.3, 0.4) is 0 Å². The van der Waals surface area contributed by atoms with Gasteiger partial charge in [-0.2, -0.15) is 0 Å². The number of thioether (sulfide) groups is 1. The molecule has 2 rings (SSSR count). The number of nitro benzene ring substituents is 1. The van der Waals surface area contributed by atoms with Crippen LogP contribution in [0.5, 0.6) is 0 Å². The molecule has 1 unspecified atom stereocenters. The lowest BCUT2D eigenvalue weighted by Crippen LogP contribution is -2.31. The number of amidine groups is 1. The molecule has 6 nitrogen and oxygen atoms in total. The lowest BCUT2D eigenvalue weighted by Gasteiger charge is -2.19. The maximum atomic E-state index is 10.7. The molecule has 1 aromatic rings. The maximum absolute atomic E-state index is 10.7. The van der Waals surface area contributed by atoms with E-state index in [1.165, 1.54) is 12.1 Å². The van der Waals surface area contributed by atoms with E-state index in [1.807, 2.05) is 11.8 Å². The Morgan fingerprint density at radius 1 is 1.60 bits per heavy atom. The van der Waals surface area contributed by atoms with Gasteiger partial charge in [-0.05, 0) is 25.5 Å². The number of benzene rings is 1. The summed E-state index contributed by atoms with van der Waals surface area (Å²) < 4.78 is 0. The third-order valence-electron chi connectivity index (χ3n) is 2.95. The van der Waals surface area contributed by atoms with Crippen LogP contribution < -0.4 is 0 Å². The molecule has 1 aromatic carbocycles. The van der Waals surface area contributed by atoms with Crippen LogP contribution in [0.1, 0.15) is 12.5 Å². The Labute approximate surface area is 121 Å². The Balaban J connectivity index is 2.23. The Morgan fingerprint density at radius 3 is 2.95 bits per heavy atom. The van der Waals surface area contributed by atoms with E-state index in [0.717, 1.165) is 28.7 Å². The number of aryl methyl sites for hydroxylation is 1. The molecule has 108 valence electrons. The van der Waals surface area contributed by atoms with E-state index in [0.29, 0.717) is 6.54 Å². The molecule has 0 radical (unpaired) electrons. The zero-order valence-electron chi connectivity index (χ0n) is 11.4. The molecule has 1 atom stereocenters. The molecule has 0 amide bonds. The summed E-state index contributed by atoms with van der Waals surface area (Å²) in [7, 11) is 0. The van der Waals surface area contributed by atoms with E-state index < -0.39 is 11.0 Å². The van der Waals surface area contributed by atoms with Crippen LogP contribution in [0.2, 0.25) is 0 Å². The van der Waals surface area contributed by atoms with Gasteiger partial charge in [0.05, 0.1) is 16.7 Å². The van der Waals surface area contributed by atoms with Gasteiger partial charge in [0, 0.05) is 31.0 Å². The highest BCUT2D eigenvalue weighted by atomic mass is 32.2. The number of aliphatic hydroxyl groups excluding tert-OH is 1. The van der Waals surface area contributed by atoms with Crippen LogP contribution in [0.4, 0.5) is 11.4 Å². The average molecular weight is 295 g/mol. The first-order valence-corrected chi connectivity index (χ1v) is 7.35. The number of hydrogen-bond acceptors (Lipinski definition) is 5. The number of non-ortho nitro benzene ring substituents is 1. The van der Waals surface area contributed by atoms with Crippen LogP contribution in [-0.4, -0.2) is 45.0 Å². The highest BCUT2D eigenvalue weighted by Gasteiger charge is 2.21. The van der Waals surface area contributed by atoms with Gasteiger partial charge in [-0.25, -0.2) is 4.99 Å². The van der Waals surface area contributed by atoms with Crippen LogP contribution in [0, 0.1) is 17.0 Å². The van der Waals surface area contributed by atoms with Crippen molar-refractivity contribution in [2.45, 2.75) is 20.0 Å². The molecule has 1 aliphatic heterocycles. The summed E-state index contributed by atoms with van der Waals surface area (Å²) in [4.78, 5) is 16.9. The molecular formula is C13H17N3O3S. The van der Waals surface area contributed by atoms with Crippen molar-refractivity contribution >= 4 is 28.3 Å². The van der Waals surface area contributed by atoms with Crippen molar-refractivity contribution in [3.63, 3.8) is 0 Å². The summed E-state index contributed by atoms with van der Waals surface area (Å²) in [6, 6.07) is 4.66. The van der Waals surface area contributed by atoms with E-state index in [9.17, 15) is 15.2 Å². The van der Waals surface area contributed by atoms with Crippen molar-refractivity contribution in [1.29, 1.82) is 0 Å². The largest absolute Gasteiger partial charge is 0.392 e. The third-order valence-corrected chi connectivity index (χ3v) is 3.95. The van der Waals surface area contributed by atoms with Crippen LogP contribution >= 0.6 is 11.8 Å². The van der Waals surface area contributed by atoms with Gasteiger partial charge < -0.3 is 10.0 Å². The normalized spacial score (nSPS) is 18.6. The lowest BCUT2D eigenvalue weighted by atomic mass is 10.2. The summed E-state index contributed by atoms with van der Waals surface area (Å²) in [5, 5.41) is 21.0. The van der Waals surface area contributed by atoms with Gasteiger partial charge in [-0.15, -0.1) is 0 Å². The van der Waals surface area contributed by atoms with Crippen molar-refractivity contribution in [1.82, 2.24) is 4.90 Å². The molecule has 0 bridgehead atoms. The van der Waals surface area contributed by atoms with E-state index >= 15 is 0 Å². The van der Waals surface area contributed by atoms with Crippen molar-refractivity contribution in [3.05, 3.63) is 33.9 Å². The zero-order valence-corrected chi connectivity index (χ0v) is 12.3. The first-order chi connectivity index (χ1) is 9.47. The summed E-state index contributed by atoms with van der Waals surface area (Å²) in [6.45, 7) is 4.97. The number of aliphatic hydroxyl groups is 1. The summed E-state index contributed by atoms with van der Waals surface area (Å²) in [5.41, 5.74) is 1.58. The number of nitrogens with zero attached hydrogens (tertiary/aromatic N) is 3. The minimum Gasteiger partial charge on any atom is -0.392 e.